The Labute approximate surface area is 204 Å². The van der Waals surface area contributed by atoms with Crippen molar-refractivity contribution in [2.75, 3.05) is 54.2 Å². The number of nitrogens with one attached hydrogen (secondary N) is 2. The maximum Gasteiger partial charge on any atom is 0.500 e. The van der Waals surface area contributed by atoms with E-state index in [0.29, 0.717) is 31.1 Å². The molecule has 0 aliphatic heterocycles. The molecule has 0 saturated carbocycles. The Morgan fingerprint density at radius 3 is 1.59 bits per heavy atom. The summed E-state index contributed by atoms with van der Waals surface area (Å²) >= 11 is 0. The van der Waals surface area contributed by atoms with Crippen molar-refractivity contribution >= 4 is 27.0 Å². The Morgan fingerprint density at radius 2 is 1.12 bits per heavy atom. The summed E-state index contributed by atoms with van der Waals surface area (Å²) in [7, 11) is 2.04. The van der Waals surface area contributed by atoms with E-state index in [0.717, 1.165) is 38.5 Å². The van der Waals surface area contributed by atoms with Crippen molar-refractivity contribution in [1.82, 2.24) is 10.6 Å². The van der Waals surface area contributed by atoms with E-state index in [1.165, 1.54) is 0 Å². The highest BCUT2D eigenvalue weighted by atomic mass is 28.4. The Bertz CT molecular complexity index is 593. The molecule has 0 spiro atoms. The summed E-state index contributed by atoms with van der Waals surface area (Å²) in [4.78, 5) is 34.4. The molecule has 0 aromatic rings. The minimum Gasteiger partial charge on any atom is -0.459 e. The second-order valence-electron chi connectivity index (χ2n) is 7.56. The summed E-state index contributed by atoms with van der Waals surface area (Å²) in [5.74, 6) is -0.503. The topological polar surface area (TPSA) is 131 Å². The highest BCUT2D eigenvalue weighted by Crippen LogP contribution is 2.14. The summed E-state index contributed by atoms with van der Waals surface area (Å²) in [6.07, 6.45) is 5.46. The predicted octanol–water partition coefficient (Wildman–Crippen LogP) is 3.17. The number of carbonyl (C=O) groups excluding carboxylic acids is 3. The minimum atomic E-state index is -2.62. The molecule has 2 amide bonds. The van der Waals surface area contributed by atoms with Gasteiger partial charge in [-0.25, -0.2) is 14.4 Å². The van der Waals surface area contributed by atoms with Gasteiger partial charge in [0.25, 0.3) is 0 Å². The van der Waals surface area contributed by atoms with E-state index >= 15 is 0 Å². The van der Waals surface area contributed by atoms with Gasteiger partial charge in [0.1, 0.15) is 13.2 Å². The Morgan fingerprint density at radius 1 is 0.676 bits per heavy atom. The highest BCUT2D eigenvalue weighted by molar-refractivity contribution is 6.60. The second-order valence-corrected chi connectivity index (χ2v) is 10.7. The molecule has 0 fully saturated rings. The van der Waals surface area contributed by atoms with Crippen molar-refractivity contribution in [1.29, 1.82) is 0 Å². The third-order valence-corrected chi connectivity index (χ3v) is 7.67. The summed E-state index contributed by atoms with van der Waals surface area (Å²) in [5.41, 5.74) is 0.302. The molecule has 0 unspecified atom stereocenters. The van der Waals surface area contributed by atoms with Gasteiger partial charge in [0.2, 0.25) is 0 Å². The highest BCUT2D eigenvalue weighted by Gasteiger charge is 2.37. The zero-order valence-electron chi connectivity index (χ0n) is 21.1. The van der Waals surface area contributed by atoms with Gasteiger partial charge >= 0.3 is 27.0 Å². The first kappa shape index (κ1) is 31.8. The van der Waals surface area contributed by atoms with Crippen LogP contribution in [0.1, 0.15) is 51.9 Å². The smallest absolute Gasteiger partial charge is 0.459 e. The van der Waals surface area contributed by atoms with Crippen molar-refractivity contribution in [3.8, 4) is 0 Å². The first-order valence-corrected chi connectivity index (χ1v) is 13.5. The number of amides is 2. The number of ether oxygens (including phenoxy) is 3. The first-order valence-electron chi connectivity index (χ1n) is 11.6. The van der Waals surface area contributed by atoms with Crippen LogP contribution in [0.2, 0.25) is 6.04 Å². The van der Waals surface area contributed by atoms with Crippen LogP contribution in [-0.4, -0.2) is 81.2 Å². The van der Waals surface area contributed by atoms with Crippen LogP contribution in [0.15, 0.2) is 12.2 Å². The van der Waals surface area contributed by atoms with Crippen molar-refractivity contribution in [3.63, 3.8) is 0 Å². The van der Waals surface area contributed by atoms with E-state index in [1.807, 2.05) is 0 Å². The molecule has 0 aliphatic rings. The molecule has 12 heteroatoms. The normalized spacial score (nSPS) is 10.9. The number of unbranched alkanes of at least 4 members (excludes halogenated alkanes) is 5. The second kappa shape index (κ2) is 20.2. The van der Waals surface area contributed by atoms with Gasteiger partial charge in [-0.2, -0.15) is 0 Å². The molecule has 198 valence electrons. The van der Waals surface area contributed by atoms with E-state index in [2.05, 4.69) is 17.2 Å². The number of hydrogen-bond acceptors (Lipinski definition) is 9. The molecule has 0 heterocycles. The quantitative estimate of drug-likeness (QED) is 0.0840. The molecule has 0 bridgehead atoms. The fraction of sp³-hybridized carbons (Fsp3) is 0.773. The lowest BCUT2D eigenvalue weighted by atomic mass is 10.1. The van der Waals surface area contributed by atoms with Gasteiger partial charge in [-0.1, -0.05) is 32.3 Å². The first-order chi connectivity index (χ1) is 16.3. The van der Waals surface area contributed by atoms with Crippen LogP contribution in [0.4, 0.5) is 9.59 Å². The number of alkyl carbamates (subject to hydrolysis) is 2. The van der Waals surface area contributed by atoms with E-state index in [4.69, 9.17) is 27.5 Å². The molecule has 0 saturated heterocycles. The Kier molecular flexibility index (Phi) is 19.0. The van der Waals surface area contributed by atoms with Crippen LogP contribution in [-0.2, 0) is 32.3 Å². The minimum absolute atomic E-state index is 0.00410. The Balaban J connectivity index is 3.48. The molecule has 0 aromatic carbocycles. The molecule has 0 aromatic heterocycles. The lowest BCUT2D eigenvalue weighted by Crippen LogP contribution is -2.42. The third kappa shape index (κ3) is 16.5. The molecule has 11 nitrogen and oxygen atoms in total. The molecule has 0 rings (SSSR count). The lowest BCUT2D eigenvalue weighted by molar-refractivity contribution is -0.139. The van der Waals surface area contributed by atoms with Crippen LogP contribution in [0, 0.1) is 0 Å². The maximum atomic E-state index is 11.7. The average Bonchev–Trinajstić information content (AvgIpc) is 2.83. The summed E-state index contributed by atoms with van der Waals surface area (Å²) in [5, 5.41) is 5.40. The van der Waals surface area contributed by atoms with Crippen LogP contribution < -0.4 is 10.6 Å². The van der Waals surface area contributed by atoms with Crippen LogP contribution in [0.25, 0.3) is 0 Å². The van der Waals surface area contributed by atoms with Gasteiger partial charge in [0.05, 0.1) is 6.61 Å². The lowest BCUT2D eigenvalue weighted by Gasteiger charge is -2.24. The van der Waals surface area contributed by atoms with Gasteiger partial charge in [-0.05, 0) is 26.2 Å². The average molecular weight is 507 g/mol. The number of rotatable bonds is 20. The van der Waals surface area contributed by atoms with Crippen LogP contribution in [0.5, 0.6) is 0 Å². The molecule has 0 radical (unpaired) electrons. The molecule has 0 atom stereocenters. The molecule has 0 aliphatic carbocycles. The fourth-order valence-electron chi connectivity index (χ4n) is 2.84. The fourth-order valence-corrected chi connectivity index (χ4v) is 4.53. The van der Waals surface area contributed by atoms with Gasteiger partial charge in [-0.15, -0.1) is 0 Å². The van der Waals surface area contributed by atoms with Gasteiger partial charge < -0.3 is 38.1 Å². The third-order valence-electron chi connectivity index (χ3n) is 4.83. The zero-order valence-corrected chi connectivity index (χ0v) is 22.1. The van der Waals surface area contributed by atoms with Crippen molar-refractivity contribution < 1.29 is 41.9 Å². The van der Waals surface area contributed by atoms with Crippen LogP contribution in [0.3, 0.4) is 0 Å². The molecular weight excluding hydrogens is 464 g/mol. The van der Waals surface area contributed by atoms with Gasteiger partial charge in [0, 0.05) is 46.0 Å². The summed E-state index contributed by atoms with van der Waals surface area (Å²) in [6.45, 7) is 6.40. The van der Waals surface area contributed by atoms with Gasteiger partial charge in [0.15, 0.2) is 0 Å². The maximum absolute atomic E-state index is 11.7. The summed E-state index contributed by atoms with van der Waals surface area (Å²) < 4.78 is 30.8. The largest absolute Gasteiger partial charge is 0.500 e. The van der Waals surface area contributed by atoms with E-state index in [1.54, 1.807) is 28.3 Å². The van der Waals surface area contributed by atoms with E-state index in [-0.39, 0.29) is 19.8 Å². The van der Waals surface area contributed by atoms with Crippen molar-refractivity contribution in [3.05, 3.63) is 12.2 Å². The monoisotopic (exact) mass is 506 g/mol. The molecule has 34 heavy (non-hydrogen) atoms. The zero-order chi connectivity index (χ0) is 25.7. The van der Waals surface area contributed by atoms with Crippen LogP contribution >= 0.6 is 0 Å². The molecule has 2 N–H and O–H groups in total. The van der Waals surface area contributed by atoms with Gasteiger partial charge in [-0.3, -0.25) is 0 Å². The standard InChI is InChI=1S/C22H42N2O9Si/c1-19(2)20(25)31-16-17-33-22(27)24-14-11-9-7-6-8-10-13-23-21(26)32-15-12-18-34(28-3,29-4)30-5/h1,6-18H2,2-5H3,(H,23,26)(H,24,27). The van der Waals surface area contributed by atoms with Crippen molar-refractivity contribution in [2.24, 2.45) is 0 Å². The Hall–Kier alpha value is -2.15. The molecular formula is C22H42N2O9Si. The van der Waals surface area contributed by atoms with Crippen molar-refractivity contribution in [2.45, 2.75) is 57.9 Å². The predicted molar refractivity (Wildman–Crippen MR) is 128 cm³/mol. The number of carbonyl (C=O) groups is 3. The number of hydrogen-bond donors (Lipinski definition) is 2. The SMILES string of the molecule is C=C(C)C(=O)OCCOC(=O)NCCCCCCCCNC(=O)OCCC[Si](OC)(OC)OC. The van der Waals surface area contributed by atoms with E-state index in [9.17, 15) is 14.4 Å². The summed E-state index contributed by atoms with van der Waals surface area (Å²) in [6, 6.07) is 0.577. The number of esters is 1. The van der Waals surface area contributed by atoms with E-state index < -0.39 is 27.0 Å².